The number of nitrogens with zero attached hydrogens (tertiary/aromatic N) is 3. The normalized spacial score (nSPS) is 11.2. The van der Waals surface area contributed by atoms with Crippen molar-refractivity contribution in [3.63, 3.8) is 0 Å². The van der Waals surface area contributed by atoms with Crippen LogP contribution in [0, 0.1) is 12.7 Å². The summed E-state index contributed by atoms with van der Waals surface area (Å²) in [7, 11) is -3.85. The van der Waals surface area contributed by atoms with Gasteiger partial charge >= 0.3 is 0 Å². The zero-order valence-corrected chi connectivity index (χ0v) is 23.6. The molecule has 42 heavy (non-hydrogen) atoms. The van der Waals surface area contributed by atoms with Crippen molar-refractivity contribution in [2.45, 2.75) is 23.4 Å². The Morgan fingerprint density at radius 2 is 1.69 bits per heavy atom. The number of pyridine rings is 3. The summed E-state index contributed by atoms with van der Waals surface area (Å²) < 4.78 is 44.8. The summed E-state index contributed by atoms with van der Waals surface area (Å²) in [6.07, 6.45) is 6.56. The number of amides is 2. The second-order valence-corrected chi connectivity index (χ2v) is 11.9. The second kappa shape index (κ2) is 11.8. The van der Waals surface area contributed by atoms with Gasteiger partial charge in [0, 0.05) is 30.5 Å². The Labute approximate surface area is 243 Å². The Balaban J connectivity index is 0.000000244. The van der Waals surface area contributed by atoms with E-state index in [1.807, 2.05) is 12.1 Å². The Kier molecular flexibility index (Phi) is 8.04. The lowest BCUT2D eigenvalue weighted by Gasteiger charge is -2.07. The van der Waals surface area contributed by atoms with E-state index in [1.54, 1.807) is 49.1 Å². The molecule has 0 atom stereocenters. The number of nitrogens with two attached hydrogens (primary N) is 1. The Morgan fingerprint density at radius 1 is 0.976 bits per heavy atom. The van der Waals surface area contributed by atoms with E-state index < -0.39 is 21.6 Å². The van der Waals surface area contributed by atoms with Crippen molar-refractivity contribution in [3.8, 4) is 0 Å². The molecule has 6 rings (SSSR count). The Morgan fingerprint density at radius 3 is 2.36 bits per heavy atom. The maximum Gasteiger partial charge on any atom is 0.284 e. The minimum absolute atomic E-state index is 0.0208. The van der Waals surface area contributed by atoms with Crippen molar-refractivity contribution in [1.29, 1.82) is 0 Å². The van der Waals surface area contributed by atoms with Crippen LogP contribution in [0.1, 0.15) is 31.5 Å². The molecule has 0 saturated carbocycles. The van der Waals surface area contributed by atoms with Gasteiger partial charge in [-0.1, -0.05) is 12.1 Å². The number of nitrogens with one attached hydrogen (secondary N) is 1. The van der Waals surface area contributed by atoms with Crippen molar-refractivity contribution in [3.05, 3.63) is 113 Å². The highest BCUT2D eigenvalue weighted by Gasteiger charge is 2.20. The van der Waals surface area contributed by atoms with E-state index in [9.17, 15) is 22.4 Å². The molecule has 0 radical (unpaired) electrons. The third-order valence-corrected chi connectivity index (χ3v) is 8.83. The van der Waals surface area contributed by atoms with Crippen LogP contribution in [0.3, 0.4) is 0 Å². The molecule has 0 aliphatic carbocycles. The minimum atomic E-state index is -3.85. The lowest BCUT2D eigenvalue weighted by atomic mass is 10.2. The minimum Gasteiger partial charge on any atom is -0.449 e. The van der Waals surface area contributed by atoms with E-state index in [2.05, 4.69) is 20.3 Å². The standard InChI is InChI=1S/C21H16FN3O3S2.C8H6N2O2/c1-13-17(22)6-7-20(25-13)30(27,28)16-4-2-14(3-5-16)11-24-21(26)18-10-15-8-9-23-12-19(15)29-18;9-8(11)6-3-5-1-2-10-4-7(5)12-6/h2-10,12H,11H2,1H3,(H,24,26);1-4H,(H2,9,11). The summed E-state index contributed by atoms with van der Waals surface area (Å²) >= 11 is 1.36. The number of furan rings is 1. The number of hydrogen-bond donors (Lipinski definition) is 2. The van der Waals surface area contributed by atoms with E-state index in [1.165, 1.54) is 30.4 Å². The van der Waals surface area contributed by atoms with Gasteiger partial charge in [0.05, 0.1) is 26.4 Å². The number of carbonyl (C=O) groups is 2. The van der Waals surface area contributed by atoms with Crippen molar-refractivity contribution in [1.82, 2.24) is 20.3 Å². The van der Waals surface area contributed by atoms with Gasteiger partial charge in [-0.3, -0.25) is 19.6 Å². The first-order valence-electron chi connectivity index (χ1n) is 12.3. The number of halogens is 1. The fourth-order valence-electron chi connectivity index (χ4n) is 3.85. The molecule has 5 heterocycles. The third kappa shape index (κ3) is 6.16. The number of sulfone groups is 1. The van der Waals surface area contributed by atoms with Crippen LogP contribution in [0.4, 0.5) is 4.39 Å². The van der Waals surface area contributed by atoms with E-state index >= 15 is 0 Å². The molecule has 10 nitrogen and oxygen atoms in total. The largest absolute Gasteiger partial charge is 0.449 e. The average molecular weight is 604 g/mol. The second-order valence-electron chi connectivity index (χ2n) is 8.96. The maximum absolute atomic E-state index is 13.4. The number of carbonyl (C=O) groups excluding carboxylic acids is 2. The molecule has 0 bridgehead atoms. The van der Waals surface area contributed by atoms with Crippen LogP contribution in [-0.4, -0.2) is 35.2 Å². The monoisotopic (exact) mass is 603 g/mol. The van der Waals surface area contributed by atoms with Gasteiger partial charge in [-0.25, -0.2) is 17.8 Å². The first-order chi connectivity index (χ1) is 20.1. The highest BCUT2D eigenvalue weighted by atomic mass is 32.2. The first kappa shape index (κ1) is 28.5. The number of rotatable bonds is 6. The van der Waals surface area contributed by atoms with Gasteiger partial charge in [-0.15, -0.1) is 11.3 Å². The van der Waals surface area contributed by atoms with E-state index in [0.29, 0.717) is 10.5 Å². The van der Waals surface area contributed by atoms with Crippen LogP contribution in [0.5, 0.6) is 0 Å². The zero-order valence-electron chi connectivity index (χ0n) is 21.9. The predicted octanol–water partition coefficient (Wildman–Crippen LogP) is 4.83. The van der Waals surface area contributed by atoms with E-state index in [0.717, 1.165) is 33.2 Å². The van der Waals surface area contributed by atoms with Crippen molar-refractivity contribution in [2.24, 2.45) is 5.73 Å². The summed E-state index contributed by atoms with van der Waals surface area (Å²) in [4.78, 5) is 35.4. The van der Waals surface area contributed by atoms with E-state index in [-0.39, 0.29) is 33.8 Å². The number of benzene rings is 1. The zero-order chi connectivity index (χ0) is 29.9. The number of hydrogen-bond acceptors (Lipinski definition) is 9. The van der Waals surface area contributed by atoms with Crippen LogP contribution in [-0.2, 0) is 16.4 Å². The lowest BCUT2D eigenvalue weighted by molar-refractivity contribution is 0.0952. The molecule has 13 heteroatoms. The molecule has 1 aromatic carbocycles. The number of aromatic nitrogens is 3. The molecule has 6 aromatic rings. The summed E-state index contributed by atoms with van der Waals surface area (Å²) in [5.74, 6) is -1.17. The SMILES string of the molecule is Cc1nc(S(=O)(=O)c2ccc(CNC(=O)c3cc4ccncc4s3)cc2)ccc1F.NC(=O)c1cc2ccncc2o1. The molecule has 212 valence electrons. The van der Waals surface area contributed by atoms with Gasteiger partial charge in [-0.05, 0) is 66.4 Å². The van der Waals surface area contributed by atoms with Crippen LogP contribution >= 0.6 is 11.3 Å². The molecular formula is C29H22FN5O5S2. The molecule has 0 fully saturated rings. The van der Waals surface area contributed by atoms with Gasteiger partial charge in [-0.2, -0.15) is 0 Å². The van der Waals surface area contributed by atoms with Crippen molar-refractivity contribution >= 4 is 54.0 Å². The molecule has 0 aliphatic heterocycles. The predicted molar refractivity (Wildman–Crippen MR) is 154 cm³/mol. The molecule has 3 N–H and O–H groups in total. The van der Waals surface area contributed by atoms with Crippen LogP contribution in [0.2, 0.25) is 0 Å². The summed E-state index contributed by atoms with van der Waals surface area (Å²) in [5, 5.41) is 4.41. The number of fused-ring (bicyclic) bond motifs is 2. The number of thiophene rings is 1. The number of aryl methyl sites for hydroxylation is 1. The Hall–Kier alpha value is -5.01. The van der Waals surface area contributed by atoms with Gasteiger partial charge in [0.1, 0.15) is 5.82 Å². The third-order valence-electron chi connectivity index (χ3n) is 6.07. The van der Waals surface area contributed by atoms with Gasteiger partial charge < -0.3 is 15.5 Å². The van der Waals surface area contributed by atoms with Crippen LogP contribution in [0.25, 0.3) is 21.1 Å². The Bertz CT molecular complexity index is 1970. The van der Waals surface area contributed by atoms with Crippen LogP contribution in [0.15, 0.2) is 99.8 Å². The van der Waals surface area contributed by atoms with Gasteiger partial charge in [0.25, 0.3) is 11.8 Å². The van der Waals surface area contributed by atoms with Crippen molar-refractivity contribution < 1.29 is 26.8 Å². The lowest BCUT2D eigenvalue weighted by Crippen LogP contribution is -2.21. The molecule has 2 amide bonds. The summed E-state index contributed by atoms with van der Waals surface area (Å²) in [5.41, 5.74) is 6.36. The molecule has 0 unspecified atom stereocenters. The maximum atomic E-state index is 13.4. The molecule has 0 spiro atoms. The highest BCUT2D eigenvalue weighted by Crippen LogP contribution is 2.25. The first-order valence-corrected chi connectivity index (χ1v) is 14.6. The van der Waals surface area contributed by atoms with Gasteiger partial charge in [0.15, 0.2) is 16.4 Å². The van der Waals surface area contributed by atoms with Crippen LogP contribution < -0.4 is 11.1 Å². The van der Waals surface area contributed by atoms with Gasteiger partial charge in [0.2, 0.25) is 9.84 Å². The number of primary amides is 1. The summed E-state index contributed by atoms with van der Waals surface area (Å²) in [6, 6.07) is 15.4. The topological polar surface area (TPSA) is 158 Å². The fraction of sp³-hybridized carbons (Fsp3) is 0.0690. The molecule has 0 aliphatic rings. The quantitative estimate of drug-likeness (QED) is 0.274. The van der Waals surface area contributed by atoms with Crippen molar-refractivity contribution in [2.75, 3.05) is 0 Å². The molecule has 0 saturated heterocycles. The average Bonchev–Trinajstić information content (AvgIpc) is 3.63. The smallest absolute Gasteiger partial charge is 0.284 e. The highest BCUT2D eigenvalue weighted by molar-refractivity contribution is 7.91. The fourth-order valence-corrected chi connectivity index (χ4v) is 6.04. The molecule has 5 aromatic heterocycles. The summed E-state index contributed by atoms with van der Waals surface area (Å²) in [6.45, 7) is 1.66. The molecular weight excluding hydrogens is 581 g/mol. The van der Waals surface area contributed by atoms with E-state index in [4.69, 9.17) is 10.2 Å².